The van der Waals surface area contributed by atoms with E-state index in [4.69, 9.17) is 16.3 Å². The fourth-order valence-electron chi connectivity index (χ4n) is 3.47. The smallest absolute Gasteiger partial charge is 0.261 e. The summed E-state index contributed by atoms with van der Waals surface area (Å²) in [6, 6.07) is 21.4. The van der Waals surface area contributed by atoms with E-state index < -0.39 is 11.9 Å². The molecule has 2 amide bonds. The Bertz CT molecular complexity index is 1060. The quantitative estimate of drug-likeness (QED) is 0.417. The average Bonchev–Trinajstić information content (AvgIpc) is 2.86. The summed E-state index contributed by atoms with van der Waals surface area (Å²) >= 11 is 6.03. The predicted molar refractivity (Wildman–Crippen MR) is 131 cm³/mol. The van der Waals surface area contributed by atoms with E-state index in [1.807, 2.05) is 49.4 Å². The second kappa shape index (κ2) is 12.8. The van der Waals surface area contributed by atoms with Gasteiger partial charge in [-0.2, -0.15) is 0 Å². The van der Waals surface area contributed by atoms with Gasteiger partial charge in [0.05, 0.1) is 0 Å². The molecule has 0 saturated carbocycles. The summed E-state index contributed by atoms with van der Waals surface area (Å²) in [4.78, 5) is 28.1. The summed E-state index contributed by atoms with van der Waals surface area (Å²) in [7, 11) is 0. The van der Waals surface area contributed by atoms with Gasteiger partial charge in [-0.3, -0.25) is 9.59 Å². The van der Waals surface area contributed by atoms with Crippen molar-refractivity contribution >= 4 is 23.4 Å². The van der Waals surface area contributed by atoms with Crippen LogP contribution in [0.15, 0.2) is 78.9 Å². The highest BCUT2D eigenvalue weighted by atomic mass is 35.5. The van der Waals surface area contributed by atoms with Crippen LogP contribution in [0.5, 0.6) is 5.75 Å². The minimum absolute atomic E-state index is 0.208. The first-order chi connectivity index (χ1) is 16.5. The Labute approximate surface area is 204 Å². The molecular formula is C27H28ClFN2O3. The van der Waals surface area contributed by atoms with Crippen LogP contribution in [0.3, 0.4) is 0 Å². The summed E-state index contributed by atoms with van der Waals surface area (Å²) in [6.45, 7) is 2.41. The lowest BCUT2D eigenvalue weighted by atomic mass is 10.0. The van der Waals surface area contributed by atoms with Crippen LogP contribution in [0.25, 0.3) is 0 Å². The molecule has 0 aromatic heterocycles. The Morgan fingerprint density at radius 1 is 0.971 bits per heavy atom. The molecule has 0 aliphatic carbocycles. The number of halogens is 2. The normalized spacial score (nSPS) is 11.5. The molecule has 1 atom stereocenters. The van der Waals surface area contributed by atoms with Gasteiger partial charge in [0, 0.05) is 24.5 Å². The third-order valence-electron chi connectivity index (χ3n) is 5.26. The molecule has 0 aliphatic rings. The zero-order chi connectivity index (χ0) is 24.3. The number of nitrogens with zero attached hydrogens (tertiary/aromatic N) is 1. The van der Waals surface area contributed by atoms with Gasteiger partial charge in [0.2, 0.25) is 5.91 Å². The van der Waals surface area contributed by atoms with E-state index >= 15 is 0 Å². The summed E-state index contributed by atoms with van der Waals surface area (Å²) < 4.78 is 18.8. The molecule has 178 valence electrons. The molecule has 0 saturated heterocycles. The van der Waals surface area contributed by atoms with E-state index in [-0.39, 0.29) is 25.0 Å². The summed E-state index contributed by atoms with van der Waals surface area (Å²) in [5, 5.41) is 3.51. The molecule has 0 heterocycles. The second-order valence-corrected chi connectivity index (χ2v) is 8.32. The van der Waals surface area contributed by atoms with Gasteiger partial charge in [-0.25, -0.2) is 4.39 Å². The number of ether oxygens (including phenoxy) is 1. The van der Waals surface area contributed by atoms with Gasteiger partial charge in [-0.1, -0.05) is 61.0 Å². The van der Waals surface area contributed by atoms with Crippen LogP contribution in [0.4, 0.5) is 4.39 Å². The topological polar surface area (TPSA) is 58.6 Å². The van der Waals surface area contributed by atoms with Gasteiger partial charge in [0.15, 0.2) is 6.61 Å². The molecule has 1 unspecified atom stereocenters. The molecule has 0 spiro atoms. The first-order valence-corrected chi connectivity index (χ1v) is 11.6. The molecule has 1 N–H and O–H groups in total. The van der Waals surface area contributed by atoms with Crippen molar-refractivity contribution in [2.75, 3.05) is 13.2 Å². The zero-order valence-corrected chi connectivity index (χ0v) is 19.8. The largest absolute Gasteiger partial charge is 0.484 e. The lowest BCUT2D eigenvalue weighted by Crippen LogP contribution is -2.51. The van der Waals surface area contributed by atoms with E-state index in [1.165, 1.54) is 29.2 Å². The maximum Gasteiger partial charge on any atom is 0.261 e. The highest BCUT2D eigenvalue weighted by Gasteiger charge is 2.30. The SMILES string of the molecule is CCCNC(=O)C(Cc1ccccc1)N(Cc1ccc(Cl)cc1)C(=O)COc1ccc(F)cc1. The number of hydrogen-bond donors (Lipinski definition) is 1. The monoisotopic (exact) mass is 482 g/mol. The zero-order valence-electron chi connectivity index (χ0n) is 19.0. The molecule has 3 aromatic carbocycles. The van der Waals surface area contributed by atoms with Crippen molar-refractivity contribution in [1.29, 1.82) is 0 Å². The molecule has 7 heteroatoms. The van der Waals surface area contributed by atoms with E-state index in [1.54, 1.807) is 12.1 Å². The number of nitrogens with one attached hydrogen (secondary N) is 1. The van der Waals surface area contributed by atoms with Crippen LogP contribution >= 0.6 is 11.6 Å². The highest BCUT2D eigenvalue weighted by Crippen LogP contribution is 2.18. The van der Waals surface area contributed by atoms with Gasteiger partial charge in [-0.05, 0) is 53.9 Å². The van der Waals surface area contributed by atoms with Crippen molar-refractivity contribution < 1.29 is 18.7 Å². The van der Waals surface area contributed by atoms with E-state index in [9.17, 15) is 14.0 Å². The Morgan fingerprint density at radius 2 is 1.65 bits per heavy atom. The van der Waals surface area contributed by atoms with Gasteiger partial charge < -0.3 is 15.0 Å². The number of rotatable bonds is 11. The fourth-order valence-corrected chi connectivity index (χ4v) is 3.59. The Hall–Kier alpha value is -3.38. The van der Waals surface area contributed by atoms with Crippen molar-refractivity contribution in [1.82, 2.24) is 10.2 Å². The Morgan fingerprint density at radius 3 is 2.29 bits per heavy atom. The number of carbonyl (C=O) groups is 2. The van der Waals surface area contributed by atoms with Crippen LogP contribution in [-0.2, 0) is 22.6 Å². The Balaban J connectivity index is 1.87. The van der Waals surface area contributed by atoms with Crippen LogP contribution in [-0.4, -0.2) is 35.9 Å². The summed E-state index contributed by atoms with van der Waals surface area (Å²) in [6.07, 6.45) is 1.13. The standard InChI is InChI=1S/C27H28ClFN2O3/c1-2-16-30-27(33)25(17-20-6-4-3-5-7-20)31(18-21-8-10-22(28)11-9-21)26(32)19-34-24-14-12-23(29)13-15-24/h3-15,25H,2,16-19H2,1H3,(H,30,33). The minimum Gasteiger partial charge on any atom is -0.484 e. The summed E-state index contributed by atoms with van der Waals surface area (Å²) in [5.41, 5.74) is 1.77. The van der Waals surface area contributed by atoms with Crippen molar-refractivity contribution in [3.05, 3.63) is 101 Å². The lowest BCUT2D eigenvalue weighted by molar-refractivity contribution is -0.142. The highest BCUT2D eigenvalue weighted by molar-refractivity contribution is 6.30. The third-order valence-corrected chi connectivity index (χ3v) is 5.51. The minimum atomic E-state index is -0.742. The van der Waals surface area contributed by atoms with Crippen LogP contribution in [0, 0.1) is 5.82 Å². The number of benzene rings is 3. The Kier molecular flexibility index (Phi) is 9.47. The molecule has 0 aliphatic heterocycles. The average molecular weight is 483 g/mol. The number of carbonyl (C=O) groups excluding carboxylic acids is 2. The molecule has 5 nitrogen and oxygen atoms in total. The van der Waals surface area contributed by atoms with Crippen LogP contribution < -0.4 is 10.1 Å². The van der Waals surface area contributed by atoms with Crippen LogP contribution in [0.1, 0.15) is 24.5 Å². The van der Waals surface area contributed by atoms with Crippen molar-refractivity contribution in [3.8, 4) is 5.75 Å². The molecule has 0 fully saturated rings. The number of amides is 2. The maximum atomic E-state index is 13.4. The third kappa shape index (κ3) is 7.59. The first-order valence-electron chi connectivity index (χ1n) is 11.2. The van der Waals surface area contributed by atoms with Gasteiger partial charge >= 0.3 is 0 Å². The van der Waals surface area contributed by atoms with Crippen molar-refractivity contribution in [2.45, 2.75) is 32.4 Å². The van der Waals surface area contributed by atoms with E-state index in [0.717, 1.165) is 17.5 Å². The van der Waals surface area contributed by atoms with Crippen molar-refractivity contribution in [3.63, 3.8) is 0 Å². The fraction of sp³-hybridized carbons (Fsp3) is 0.259. The predicted octanol–water partition coefficient (Wildman–Crippen LogP) is 5.02. The molecular weight excluding hydrogens is 455 g/mol. The maximum absolute atomic E-state index is 13.4. The van der Waals surface area contributed by atoms with E-state index in [2.05, 4.69) is 5.32 Å². The first kappa shape index (κ1) is 25.2. The second-order valence-electron chi connectivity index (χ2n) is 7.89. The van der Waals surface area contributed by atoms with E-state index in [0.29, 0.717) is 23.7 Å². The number of hydrogen-bond acceptors (Lipinski definition) is 3. The lowest BCUT2D eigenvalue weighted by Gasteiger charge is -2.31. The van der Waals surface area contributed by atoms with Crippen LogP contribution in [0.2, 0.25) is 5.02 Å². The molecule has 0 bridgehead atoms. The van der Waals surface area contributed by atoms with Crippen molar-refractivity contribution in [2.24, 2.45) is 0 Å². The molecule has 34 heavy (non-hydrogen) atoms. The van der Waals surface area contributed by atoms with Gasteiger partial charge in [0.1, 0.15) is 17.6 Å². The molecule has 0 radical (unpaired) electrons. The molecule has 3 rings (SSSR count). The summed E-state index contributed by atoms with van der Waals surface area (Å²) in [5.74, 6) is -0.601. The van der Waals surface area contributed by atoms with Gasteiger partial charge in [-0.15, -0.1) is 0 Å². The molecule has 3 aromatic rings. The van der Waals surface area contributed by atoms with Gasteiger partial charge in [0.25, 0.3) is 5.91 Å².